The minimum Gasteiger partial charge on any atom is -0.475 e. The van der Waals surface area contributed by atoms with E-state index in [1.54, 1.807) is 20.8 Å². The predicted octanol–water partition coefficient (Wildman–Crippen LogP) is 3.83. The lowest BCUT2D eigenvalue weighted by molar-refractivity contribution is -0.151. The van der Waals surface area contributed by atoms with Crippen LogP contribution in [0, 0.1) is 11.8 Å². The highest BCUT2D eigenvalue weighted by molar-refractivity contribution is 5.80. The summed E-state index contributed by atoms with van der Waals surface area (Å²) in [5.41, 5.74) is -0.997. The van der Waals surface area contributed by atoms with E-state index in [2.05, 4.69) is 4.98 Å². The van der Waals surface area contributed by atoms with E-state index < -0.39 is 23.4 Å². The van der Waals surface area contributed by atoms with Crippen LogP contribution in [-0.4, -0.2) is 45.7 Å². The maximum absolute atomic E-state index is 13.2. The molecular weight excluding hydrogens is 385 g/mol. The van der Waals surface area contributed by atoms with E-state index in [1.165, 1.54) is 6.07 Å². The first-order valence-corrected chi connectivity index (χ1v) is 10.2. The van der Waals surface area contributed by atoms with Crippen molar-refractivity contribution in [2.45, 2.75) is 70.8 Å². The lowest BCUT2D eigenvalue weighted by Gasteiger charge is -2.43. The molecule has 2 aliphatic rings. The van der Waals surface area contributed by atoms with Crippen LogP contribution in [0.4, 0.5) is 13.2 Å². The number of amides is 1. The average molecular weight is 414 g/mol. The molecule has 1 N–H and O–H groups in total. The Balaban J connectivity index is 1.58. The number of aromatic nitrogens is 1. The van der Waals surface area contributed by atoms with Gasteiger partial charge < -0.3 is 14.7 Å². The smallest absolute Gasteiger partial charge is 0.421 e. The Labute approximate surface area is 169 Å². The van der Waals surface area contributed by atoms with Gasteiger partial charge in [0.05, 0.1) is 11.7 Å². The average Bonchev–Trinajstić information content (AvgIpc) is 2.58. The number of piperidine rings is 1. The van der Waals surface area contributed by atoms with Crippen LogP contribution < -0.4 is 4.74 Å². The van der Waals surface area contributed by atoms with Gasteiger partial charge in [-0.2, -0.15) is 13.2 Å². The number of aliphatic hydroxyl groups is 1. The van der Waals surface area contributed by atoms with Gasteiger partial charge in [0.25, 0.3) is 0 Å². The van der Waals surface area contributed by atoms with E-state index in [9.17, 15) is 23.1 Å². The van der Waals surface area contributed by atoms with E-state index in [4.69, 9.17) is 4.74 Å². The van der Waals surface area contributed by atoms with Gasteiger partial charge in [0.15, 0.2) is 0 Å². The van der Waals surface area contributed by atoms with E-state index in [0.717, 1.165) is 18.9 Å². The van der Waals surface area contributed by atoms with Crippen LogP contribution in [-0.2, 0) is 17.4 Å². The van der Waals surface area contributed by atoms with Crippen molar-refractivity contribution in [3.05, 3.63) is 23.4 Å². The number of halogens is 3. The first-order valence-electron chi connectivity index (χ1n) is 10.2. The van der Waals surface area contributed by atoms with E-state index in [0.29, 0.717) is 38.0 Å². The zero-order valence-electron chi connectivity index (χ0n) is 17.1. The molecular formula is C21H29F3N2O3. The Morgan fingerprint density at radius 1 is 1.31 bits per heavy atom. The molecule has 5 nitrogen and oxygen atoms in total. The highest BCUT2D eigenvalue weighted by Gasteiger charge is 2.44. The largest absolute Gasteiger partial charge is 0.475 e. The highest BCUT2D eigenvalue weighted by Crippen LogP contribution is 2.39. The number of hydrogen-bond donors (Lipinski definition) is 1. The van der Waals surface area contributed by atoms with Crippen LogP contribution in [0.1, 0.15) is 57.7 Å². The molecule has 1 aromatic heterocycles. The number of hydrogen-bond acceptors (Lipinski definition) is 4. The summed E-state index contributed by atoms with van der Waals surface area (Å²) in [7, 11) is 0. The molecule has 1 saturated heterocycles. The third-order valence-electron chi connectivity index (χ3n) is 5.72. The fourth-order valence-corrected chi connectivity index (χ4v) is 4.21. The number of rotatable bonds is 5. The normalized spacial score (nSPS) is 25.8. The Hall–Kier alpha value is -1.83. The number of carbonyl (C=O) groups is 1. The van der Waals surface area contributed by atoms with Crippen LogP contribution in [0.15, 0.2) is 12.1 Å². The van der Waals surface area contributed by atoms with Crippen molar-refractivity contribution in [1.29, 1.82) is 0 Å². The van der Waals surface area contributed by atoms with Gasteiger partial charge >= 0.3 is 6.18 Å². The molecule has 8 heteroatoms. The van der Waals surface area contributed by atoms with Crippen molar-refractivity contribution in [2.75, 3.05) is 13.1 Å². The highest BCUT2D eigenvalue weighted by atomic mass is 19.4. The number of carbonyl (C=O) groups excluding carboxylic acids is 1. The first kappa shape index (κ1) is 21.9. The molecule has 0 bridgehead atoms. The van der Waals surface area contributed by atoms with Crippen molar-refractivity contribution >= 4 is 5.91 Å². The van der Waals surface area contributed by atoms with Gasteiger partial charge in [0.2, 0.25) is 11.8 Å². The van der Waals surface area contributed by atoms with Crippen molar-refractivity contribution in [1.82, 2.24) is 9.88 Å². The topological polar surface area (TPSA) is 62.7 Å². The molecule has 0 unspecified atom stereocenters. The zero-order valence-corrected chi connectivity index (χ0v) is 17.1. The molecule has 0 aromatic carbocycles. The maximum atomic E-state index is 13.2. The Kier molecular flexibility index (Phi) is 6.13. The second-order valence-corrected chi connectivity index (χ2v) is 8.89. The first-order chi connectivity index (χ1) is 13.4. The SMILES string of the molecule is CC(C)Oc1nc(CC2CCN(C(=O)C3CC(C)(O)C3)CC2)ccc1C(F)(F)F. The number of nitrogens with zero attached hydrogens (tertiary/aromatic N) is 2. The van der Waals surface area contributed by atoms with Crippen LogP contribution in [0.5, 0.6) is 5.88 Å². The second-order valence-electron chi connectivity index (χ2n) is 8.89. The fraction of sp³-hybridized carbons (Fsp3) is 0.714. The summed E-state index contributed by atoms with van der Waals surface area (Å²) in [6.07, 6.45) is -1.74. The Bertz CT molecular complexity index is 733. The molecule has 162 valence electrons. The number of likely N-dealkylation sites (tertiary alicyclic amines) is 1. The zero-order chi connectivity index (χ0) is 21.4. The van der Waals surface area contributed by atoms with Crippen molar-refractivity contribution in [2.24, 2.45) is 11.8 Å². The molecule has 0 spiro atoms. The summed E-state index contributed by atoms with van der Waals surface area (Å²) in [5, 5.41) is 9.83. The summed E-state index contributed by atoms with van der Waals surface area (Å²) < 4.78 is 44.9. The van der Waals surface area contributed by atoms with E-state index in [1.807, 2.05) is 4.90 Å². The van der Waals surface area contributed by atoms with Crippen LogP contribution in [0.3, 0.4) is 0 Å². The molecule has 2 heterocycles. The van der Waals surface area contributed by atoms with Gasteiger partial charge in [-0.15, -0.1) is 0 Å². The van der Waals surface area contributed by atoms with Crippen LogP contribution in [0.2, 0.25) is 0 Å². The third-order valence-corrected chi connectivity index (χ3v) is 5.72. The van der Waals surface area contributed by atoms with Gasteiger partial charge in [-0.05, 0) is 70.9 Å². The molecule has 29 heavy (non-hydrogen) atoms. The lowest BCUT2D eigenvalue weighted by atomic mass is 9.71. The molecule has 3 rings (SSSR count). The predicted molar refractivity (Wildman–Crippen MR) is 101 cm³/mol. The van der Waals surface area contributed by atoms with Crippen LogP contribution >= 0.6 is 0 Å². The van der Waals surface area contributed by atoms with Gasteiger partial charge in [-0.1, -0.05) is 0 Å². The standard InChI is InChI=1S/C21H29F3N2O3/c1-13(2)29-18-17(21(22,23)24)5-4-16(25-18)10-14-6-8-26(9-7-14)19(27)15-11-20(3,28)12-15/h4-5,13-15,28H,6-12H2,1-3H3. The van der Waals surface area contributed by atoms with Crippen molar-refractivity contribution in [3.63, 3.8) is 0 Å². The van der Waals surface area contributed by atoms with Crippen LogP contribution in [0.25, 0.3) is 0 Å². The number of ether oxygens (including phenoxy) is 1. The molecule has 1 amide bonds. The molecule has 2 fully saturated rings. The minimum atomic E-state index is -4.51. The molecule has 1 aromatic rings. The summed E-state index contributed by atoms with van der Waals surface area (Å²) in [4.78, 5) is 18.5. The van der Waals surface area contributed by atoms with Gasteiger partial charge in [0.1, 0.15) is 5.56 Å². The number of alkyl halides is 3. The van der Waals surface area contributed by atoms with Gasteiger partial charge in [-0.3, -0.25) is 4.79 Å². The summed E-state index contributed by atoms with van der Waals surface area (Å²) in [5.74, 6) is -0.0848. The lowest BCUT2D eigenvalue weighted by Crippen LogP contribution is -2.51. The third kappa shape index (κ3) is 5.41. The molecule has 1 aliphatic heterocycles. The molecule has 0 radical (unpaired) electrons. The minimum absolute atomic E-state index is 0.0890. The van der Waals surface area contributed by atoms with E-state index >= 15 is 0 Å². The summed E-state index contributed by atoms with van der Waals surface area (Å²) >= 11 is 0. The molecule has 1 saturated carbocycles. The maximum Gasteiger partial charge on any atom is 0.421 e. The summed E-state index contributed by atoms with van der Waals surface area (Å²) in [6.45, 7) is 6.36. The Morgan fingerprint density at radius 3 is 2.45 bits per heavy atom. The second kappa shape index (κ2) is 8.13. The van der Waals surface area contributed by atoms with Crippen molar-refractivity contribution in [3.8, 4) is 5.88 Å². The summed E-state index contributed by atoms with van der Waals surface area (Å²) in [6, 6.07) is 2.46. The quantitative estimate of drug-likeness (QED) is 0.796. The van der Waals surface area contributed by atoms with Gasteiger partial charge in [0, 0.05) is 24.7 Å². The fourth-order valence-electron chi connectivity index (χ4n) is 4.21. The van der Waals surface area contributed by atoms with Crippen molar-refractivity contribution < 1.29 is 27.8 Å². The monoisotopic (exact) mass is 414 g/mol. The molecule has 1 aliphatic carbocycles. The Morgan fingerprint density at radius 2 is 1.93 bits per heavy atom. The van der Waals surface area contributed by atoms with Gasteiger partial charge in [-0.25, -0.2) is 4.98 Å². The number of pyridine rings is 1. The van der Waals surface area contributed by atoms with E-state index in [-0.39, 0.29) is 23.6 Å². The molecule has 0 atom stereocenters.